The molecule has 0 aliphatic heterocycles. The summed E-state index contributed by atoms with van der Waals surface area (Å²) in [6, 6.07) is 36.9. The van der Waals surface area contributed by atoms with Gasteiger partial charge < -0.3 is 13.6 Å². The summed E-state index contributed by atoms with van der Waals surface area (Å²) in [5, 5.41) is 39.1. The molecule has 0 saturated carbocycles. The van der Waals surface area contributed by atoms with E-state index in [1.54, 1.807) is 14.0 Å². The Kier molecular flexibility index (Phi) is 11.7. The molecule has 0 amide bonds. The number of aryl methyl sites for hydroxylation is 6. The van der Waals surface area contributed by atoms with Gasteiger partial charge in [-0.25, -0.2) is 14.0 Å². The number of nitrogens with zero attached hydrogens (tertiary/aromatic N) is 6. The van der Waals surface area contributed by atoms with E-state index in [9.17, 15) is 0 Å². The molecule has 7 aromatic rings. The van der Waals surface area contributed by atoms with Crippen LogP contribution in [0.2, 0.25) is 0 Å². The smallest absolute Gasteiger partial charge is 0.273 e. The third-order valence-corrected chi connectivity index (χ3v) is 9.65. The van der Waals surface area contributed by atoms with Crippen molar-refractivity contribution in [2.75, 3.05) is 0 Å². The second kappa shape index (κ2) is 17.5. The zero-order chi connectivity index (χ0) is 37.1. The normalized spacial score (nSPS) is 11.3. The van der Waals surface area contributed by atoms with Gasteiger partial charge in [0.15, 0.2) is 0 Å². The average Bonchev–Trinajstić information content (AvgIpc) is 3.89. The molecule has 12 heteroatoms. The standard InChI is InChI=1S/C42H45N9O3/c43-40-37(49(46-52-40)25-13-10-22-31-16-4-1-5-17-31)34-28-35(38-41(44)53-47-50(38)26-14-11-23-32-18-6-2-7-19-32)30-36(29-34)39-42(45)54-48-51(39)27-15-12-24-33-20-8-3-9-21-33/h1-9,16-21,28-30,43-45H,10-15,22-27H2. The van der Waals surface area contributed by atoms with Crippen molar-refractivity contribution < 1.29 is 27.6 Å². The van der Waals surface area contributed by atoms with Gasteiger partial charge in [0.05, 0.1) is 16.7 Å². The van der Waals surface area contributed by atoms with Crippen molar-refractivity contribution in [2.24, 2.45) is 0 Å². The van der Waals surface area contributed by atoms with Crippen LogP contribution < -0.4 is 46.5 Å². The number of unbranched alkanes of at least 4 members (excludes halogenated alkanes) is 3. The van der Waals surface area contributed by atoms with Crippen molar-refractivity contribution in [3.05, 3.63) is 143 Å². The Morgan fingerprint density at radius 2 is 0.667 bits per heavy atom. The van der Waals surface area contributed by atoms with Crippen LogP contribution in [-0.4, -0.2) is 0 Å². The highest BCUT2D eigenvalue weighted by Gasteiger charge is 2.25. The third-order valence-electron chi connectivity index (χ3n) is 9.65. The van der Waals surface area contributed by atoms with Crippen LogP contribution in [0.4, 0.5) is 0 Å². The van der Waals surface area contributed by atoms with Crippen LogP contribution >= 0.6 is 0 Å². The maximum atomic E-state index is 8.77. The summed E-state index contributed by atoms with van der Waals surface area (Å²) in [7, 11) is 0. The number of benzene rings is 4. The van der Waals surface area contributed by atoms with E-state index in [0.717, 1.165) is 57.8 Å². The average molecular weight is 724 g/mol. The van der Waals surface area contributed by atoms with E-state index in [4.69, 9.17) is 29.8 Å². The van der Waals surface area contributed by atoms with Crippen molar-refractivity contribution in [1.29, 1.82) is 16.2 Å². The molecule has 0 aliphatic rings. The molecule has 7 rings (SSSR count). The van der Waals surface area contributed by atoms with Crippen molar-refractivity contribution in [3.63, 3.8) is 0 Å². The molecule has 4 aromatic carbocycles. The highest BCUT2D eigenvalue weighted by atomic mass is 16.5. The Morgan fingerprint density at radius 1 is 0.389 bits per heavy atom. The third kappa shape index (κ3) is 8.83. The maximum Gasteiger partial charge on any atom is 0.273 e. The molecule has 0 radical (unpaired) electrons. The van der Waals surface area contributed by atoms with Crippen LogP contribution in [0.3, 0.4) is 0 Å². The summed E-state index contributed by atoms with van der Waals surface area (Å²) >= 11 is 0. The first kappa shape index (κ1) is 36.1. The lowest BCUT2D eigenvalue weighted by Gasteiger charge is -2.09. The van der Waals surface area contributed by atoms with Crippen LogP contribution in [0.5, 0.6) is 0 Å². The van der Waals surface area contributed by atoms with E-state index in [0.29, 0.717) is 53.4 Å². The minimum absolute atomic E-state index is 0.0726. The van der Waals surface area contributed by atoms with E-state index >= 15 is 0 Å². The summed E-state index contributed by atoms with van der Waals surface area (Å²) in [5.41, 5.74) is 7.12. The Labute approximate surface area is 312 Å². The molecule has 3 heterocycles. The van der Waals surface area contributed by atoms with Crippen LogP contribution in [-0.2, 0) is 38.9 Å². The fourth-order valence-electron chi connectivity index (χ4n) is 6.92. The number of hydrogen-bond donors (Lipinski definition) is 3. The highest BCUT2D eigenvalue weighted by Crippen LogP contribution is 2.27. The second-order valence-electron chi connectivity index (χ2n) is 13.5. The van der Waals surface area contributed by atoms with Gasteiger partial charge in [0.25, 0.3) is 33.7 Å². The molecule has 0 aliphatic carbocycles. The van der Waals surface area contributed by atoms with Gasteiger partial charge in [-0.05, 0) is 73.4 Å². The molecule has 0 unspecified atom stereocenters. The van der Waals surface area contributed by atoms with E-state index in [1.165, 1.54) is 16.7 Å². The van der Waals surface area contributed by atoms with Crippen molar-refractivity contribution in [3.8, 4) is 33.8 Å². The van der Waals surface area contributed by atoms with Crippen LogP contribution in [0, 0.1) is 16.2 Å². The number of aromatic nitrogens is 6. The molecular weight excluding hydrogens is 679 g/mol. The van der Waals surface area contributed by atoms with E-state index in [1.807, 2.05) is 36.4 Å². The fourth-order valence-corrected chi connectivity index (χ4v) is 6.92. The van der Waals surface area contributed by atoms with Crippen LogP contribution in [0.1, 0.15) is 55.2 Å². The first-order valence-electron chi connectivity index (χ1n) is 18.7. The zero-order valence-electron chi connectivity index (χ0n) is 30.3. The molecular formula is C42H45N9O3. The van der Waals surface area contributed by atoms with Gasteiger partial charge in [0.1, 0.15) is 19.6 Å². The summed E-state index contributed by atoms with van der Waals surface area (Å²) in [6.45, 7) is 1.67. The van der Waals surface area contributed by atoms with Crippen LogP contribution in [0.15, 0.2) is 123 Å². The predicted octanol–water partition coefficient (Wildman–Crippen LogP) is 4.71. The SMILES string of the molecule is N=c1o[n-][n+](CCCCc2ccccc2)c1-c1cc(-c2c(=N)o[n-][n+]2CCCCc2ccccc2)cc(-c2c(=N)o[n-][n+]2CCCCc2ccccc2)c1. The molecule has 0 spiro atoms. The monoisotopic (exact) mass is 723 g/mol. The van der Waals surface area contributed by atoms with Crippen molar-refractivity contribution in [1.82, 2.24) is 15.8 Å². The molecule has 0 bridgehead atoms. The summed E-state index contributed by atoms with van der Waals surface area (Å²) in [5.74, 6) is 0. The quantitative estimate of drug-likeness (QED) is 0.0858. The van der Waals surface area contributed by atoms with Gasteiger partial charge in [-0.3, -0.25) is 32.0 Å². The topological polar surface area (TPSA) is 165 Å². The molecule has 12 nitrogen and oxygen atoms in total. The fraction of sp³-hybridized carbons (Fsp3) is 0.286. The van der Waals surface area contributed by atoms with Crippen molar-refractivity contribution in [2.45, 2.75) is 77.4 Å². The second-order valence-corrected chi connectivity index (χ2v) is 13.5. The highest BCUT2D eigenvalue weighted by molar-refractivity contribution is 5.74. The van der Waals surface area contributed by atoms with E-state index < -0.39 is 0 Å². The Hall–Kier alpha value is -6.30. The first-order chi connectivity index (χ1) is 26.5. The first-order valence-corrected chi connectivity index (χ1v) is 18.7. The maximum absolute atomic E-state index is 8.77. The predicted molar refractivity (Wildman–Crippen MR) is 196 cm³/mol. The Balaban J connectivity index is 1.19. The lowest BCUT2D eigenvalue weighted by molar-refractivity contribution is -0.758. The molecule has 276 valence electrons. The van der Waals surface area contributed by atoms with Gasteiger partial charge in [-0.15, -0.1) is 0 Å². The minimum Gasteiger partial charge on any atom is -0.486 e. The Morgan fingerprint density at radius 3 is 0.944 bits per heavy atom. The number of rotatable bonds is 18. The van der Waals surface area contributed by atoms with Gasteiger partial charge in [0, 0.05) is 19.3 Å². The molecule has 0 fully saturated rings. The lowest BCUT2D eigenvalue weighted by Crippen LogP contribution is -2.42. The molecule has 3 N–H and O–H groups in total. The summed E-state index contributed by atoms with van der Waals surface area (Å²) in [6.07, 6.45) is 8.17. The lowest BCUT2D eigenvalue weighted by atomic mass is 9.99. The Bertz CT molecular complexity index is 2140. The molecule has 54 heavy (non-hydrogen) atoms. The van der Waals surface area contributed by atoms with E-state index in [2.05, 4.69) is 88.6 Å². The van der Waals surface area contributed by atoms with Gasteiger partial charge in [-0.2, -0.15) is 0 Å². The van der Waals surface area contributed by atoms with Gasteiger partial charge in [0.2, 0.25) is 0 Å². The number of hydrogen-bond acceptors (Lipinski definition) is 6. The largest absolute Gasteiger partial charge is 0.486 e. The summed E-state index contributed by atoms with van der Waals surface area (Å²) < 4.78 is 21.6. The number of nitrogens with one attached hydrogen (secondary N) is 3. The van der Waals surface area contributed by atoms with Gasteiger partial charge >= 0.3 is 0 Å². The van der Waals surface area contributed by atoms with Crippen LogP contribution in [0.25, 0.3) is 33.8 Å². The molecule has 0 saturated heterocycles. The molecule has 0 atom stereocenters. The minimum atomic E-state index is -0.0726. The molecule has 3 aromatic heterocycles. The summed E-state index contributed by atoms with van der Waals surface area (Å²) in [4.78, 5) is 0. The zero-order valence-corrected chi connectivity index (χ0v) is 30.3. The van der Waals surface area contributed by atoms with E-state index in [-0.39, 0.29) is 16.7 Å². The van der Waals surface area contributed by atoms with Gasteiger partial charge in [-0.1, -0.05) is 91.0 Å². The van der Waals surface area contributed by atoms with Crippen molar-refractivity contribution >= 4 is 0 Å².